The van der Waals surface area contributed by atoms with E-state index in [9.17, 15) is 36.1 Å². The maximum absolute atomic E-state index is 14.6. The smallest absolute Gasteiger partial charge is 0.350 e. The summed E-state index contributed by atoms with van der Waals surface area (Å²) in [5.41, 5.74) is -6.93. The summed E-state index contributed by atoms with van der Waals surface area (Å²) in [5.74, 6) is -1.11. The average molecular weight is 555 g/mol. The molecule has 0 unspecified atom stereocenters. The van der Waals surface area contributed by atoms with Gasteiger partial charge in [0.25, 0.3) is 5.69 Å². The van der Waals surface area contributed by atoms with E-state index in [1.165, 1.54) is 12.1 Å². The quantitative estimate of drug-likeness (QED) is 0.226. The maximum atomic E-state index is 14.6. The van der Waals surface area contributed by atoms with Gasteiger partial charge in [-0.25, -0.2) is 17.8 Å². The number of benzene rings is 1. The van der Waals surface area contributed by atoms with Crippen LogP contribution in [-0.2, 0) is 20.3 Å². The zero-order valence-electron chi connectivity index (χ0n) is 16.9. The second-order valence-electron chi connectivity index (χ2n) is 7.08. The number of alkyl halides is 3. The fourth-order valence-corrected chi connectivity index (χ4v) is 4.53. The lowest BCUT2D eigenvalue weighted by Gasteiger charge is -2.34. The topological polar surface area (TPSA) is 135 Å². The van der Waals surface area contributed by atoms with Crippen LogP contribution in [-0.4, -0.2) is 36.7 Å². The number of hydrogen-bond acceptors (Lipinski definition) is 7. The van der Waals surface area contributed by atoms with Crippen molar-refractivity contribution in [2.75, 3.05) is 6.61 Å². The molecule has 0 fully saturated rings. The Hall–Kier alpha value is -2.67. The number of aromatic nitrogens is 1. The zero-order chi connectivity index (χ0) is 25.2. The van der Waals surface area contributed by atoms with Gasteiger partial charge in [0.05, 0.1) is 23.3 Å². The minimum absolute atomic E-state index is 0.00822. The molecule has 9 nitrogen and oxygen atoms in total. The number of nitriles is 1. The molecule has 0 aliphatic carbocycles. The highest BCUT2D eigenvalue weighted by atomic mass is 79.9. The first-order chi connectivity index (χ1) is 15.1. The number of nitrogens with one attached hydrogen (secondary N) is 1. The van der Waals surface area contributed by atoms with Gasteiger partial charge >= 0.3 is 6.18 Å². The predicted molar refractivity (Wildman–Crippen MR) is 109 cm³/mol. The monoisotopic (exact) mass is 554 g/mol. The molecule has 0 amide bonds. The number of halogens is 5. The molecule has 1 N–H and O–H groups in total. The molecule has 2 rings (SSSR count). The lowest BCUT2D eigenvalue weighted by Crippen LogP contribution is -2.52. The molecule has 0 bridgehead atoms. The highest BCUT2D eigenvalue weighted by Crippen LogP contribution is 2.36. The van der Waals surface area contributed by atoms with E-state index in [1.807, 2.05) is 4.72 Å². The molecular weight excluding hydrogens is 540 g/mol. The van der Waals surface area contributed by atoms with Crippen molar-refractivity contribution in [1.29, 1.82) is 5.26 Å². The molecule has 0 saturated carbocycles. The molecule has 1 aromatic carbocycles. The minimum Gasteiger partial charge on any atom is -0.350 e. The fourth-order valence-electron chi connectivity index (χ4n) is 2.65. The molecule has 15 heteroatoms. The molecule has 0 saturated heterocycles. The van der Waals surface area contributed by atoms with Crippen molar-refractivity contribution in [1.82, 2.24) is 9.71 Å². The molecule has 0 radical (unpaired) electrons. The van der Waals surface area contributed by atoms with Crippen LogP contribution < -0.4 is 4.72 Å². The third kappa shape index (κ3) is 5.64. The molecule has 1 aromatic heterocycles. The van der Waals surface area contributed by atoms with Gasteiger partial charge in [0.2, 0.25) is 15.6 Å². The second kappa shape index (κ2) is 9.29. The van der Waals surface area contributed by atoms with Crippen molar-refractivity contribution in [2.45, 2.75) is 36.1 Å². The first-order valence-electron chi connectivity index (χ1n) is 8.77. The van der Waals surface area contributed by atoms with E-state index in [-0.39, 0.29) is 4.60 Å². The highest BCUT2D eigenvalue weighted by molar-refractivity contribution is 9.10. The van der Waals surface area contributed by atoms with Crippen molar-refractivity contribution in [3.63, 3.8) is 0 Å². The van der Waals surface area contributed by atoms with Crippen LogP contribution in [0, 0.1) is 27.3 Å². The molecule has 178 valence electrons. The Morgan fingerprint density at radius 1 is 1.30 bits per heavy atom. The number of sulfonamides is 1. The van der Waals surface area contributed by atoms with Gasteiger partial charge in [0.1, 0.15) is 16.5 Å². The van der Waals surface area contributed by atoms with Crippen LogP contribution >= 0.6 is 15.9 Å². The first kappa shape index (κ1) is 26.6. The van der Waals surface area contributed by atoms with E-state index in [1.54, 1.807) is 0 Å². The molecular formula is C18H15BrF4N4O5S. The number of nitrogens with zero attached hydrogens (tertiary/aromatic N) is 3. The lowest BCUT2D eigenvalue weighted by molar-refractivity contribution is -0.387. The summed E-state index contributed by atoms with van der Waals surface area (Å²) in [6, 6.07) is 6.16. The van der Waals surface area contributed by atoms with Gasteiger partial charge in [-0.1, -0.05) is 12.1 Å². The standard InChI is InChI=1S/C18H15BrF4N4O5S/c1-16(11-7-15(19)25-8-12(11)20,10-32-17(2,9-24)18(21,22)23)26-33(30,31)14-6-4-3-5-13(14)27(28)29/h3-8,26H,10H2,1-2H3/t16-,17-/m1/s1. The van der Waals surface area contributed by atoms with E-state index in [0.29, 0.717) is 13.1 Å². The van der Waals surface area contributed by atoms with Crippen LogP contribution in [0.2, 0.25) is 0 Å². The van der Waals surface area contributed by atoms with Gasteiger partial charge < -0.3 is 4.74 Å². The minimum atomic E-state index is -5.17. The van der Waals surface area contributed by atoms with Crippen LogP contribution in [0.1, 0.15) is 19.4 Å². The first-order valence-corrected chi connectivity index (χ1v) is 11.0. The number of rotatable bonds is 8. The van der Waals surface area contributed by atoms with Crippen LogP contribution in [0.5, 0.6) is 0 Å². The van der Waals surface area contributed by atoms with Crippen molar-refractivity contribution in [3.8, 4) is 6.07 Å². The van der Waals surface area contributed by atoms with Crippen LogP contribution in [0.4, 0.5) is 23.2 Å². The molecule has 2 aromatic rings. The van der Waals surface area contributed by atoms with Gasteiger partial charge in [-0.15, -0.1) is 0 Å². The normalized spacial score (nSPS) is 15.8. The third-order valence-electron chi connectivity index (χ3n) is 4.53. The molecule has 0 aliphatic heterocycles. The number of pyridine rings is 1. The molecule has 2 atom stereocenters. The van der Waals surface area contributed by atoms with Crippen LogP contribution in [0.15, 0.2) is 46.0 Å². The molecule has 0 aliphatic rings. The Kier molecular flexibility index (Phi) is 7.49. The van der Waals surface area contributed by atoms with E-state index >= 15 is 0 Å². The Balaban J connectivity index is 2.63. The summed E-state index contributed by atoms with van der Waals surface area (Å²) in [6.07, 6.45) is -4.48. The lowest BCUT2D eigenvalue weighted by atomic mass is 9.94. The Morgan fingerprint density at radius 2 is 1.91 bits per heavy atom. The molecule has 0 spiro atoms. The summed E-state index contributed by atoms with van der Waals surface area (Å²) in [7, 11) is -4.82. The van der Waals surface area contributed by atoms with Crippen LogP contribution in [0.3, 0.4) is 0 Å². The number of para-hydroxylation sites is 1. The van der Waals surface area contributed by atoms with E-state index < -0.39 is 60.8 Å². The van der Waals surface area contributed by atoms with E-state index in [4.69, 9.17) is 10.00 Å². The Morgan fingerprint density at radius 3 is 2.45 bits per heavy atom. The van der Waals surface area contributed by atoms with Gasteiger partial charge in [-0.3, -0.25) is 10.1 Å². The fraction of sp³-hybridized carbons (Fsp3) is 0.333. The number of nitro groups is 1. The van der Waals surface area contributed by atoms with E-state index in [2.05, 4.69) is 20.9 Å². The van der Waals surface area contributed by atoms with Gasteiger partial charge in [0, 0.05) is 11.6 Å². The highest BCUT2D eigenvalue weighted by Gasteiger charge is 2.54. The van der Waals surface area contributed by atoms with Crippen LogP contribution in [0.25, 0.3) is 0 Å². The predicted octanol–water partition coefficient (Wildman–Crippen LogP) is 3.95. The number of ether oxygens (including phenoxy) is 1. The SMILES string of the molecule is C[C@](CO[C@](C)(C#N)C(F)(F)F)(NS(=O)(=O)c1ccccc1[N+](=O)[O-])c1cc(Br)ncc1F. The zero-order valence-corrected chi connectivity index (χ0v) is 19.3. The third-order valence-corrected chi connectivity index (χ3v) is 6.61. The summed E-state index contributed by atoms with van der Waals surface area (Å²) in [6.45, 7) is 0.241. The van der Waals surface area contributed by atoms with Crippen molar-refractivity contribution < 1.29 is 35.6 Å². The average Bonchev–Trinajstić information content (AvgIpc) is 2.72. The summed E-state index contributed by atoms with van der Waals surface area (Å²) >= 11 is 2.96. The number of hydrogen-bond donors (Lipinski definition) is 1. The molecule has 1 heterocycles. The maximum Gasteiger partial charge on any atom is 0.430 e. The molecule has 33 heavy (non-hydrogen) atoms. The second-order valence-corrected chi connectivity index (χ2v) is 9.54. The van der Waals surface area contributed by atoms with E-state index in [0.717, 1.165) is 31.2 Å². The largest absolute Gasteiger partial charge is 0.430 e. The Bertz CT molecular complexity index is 1220. The Labute approximate surface area is 193 Å². The van der Waals surface area contributed by atoms with Crippen molar-refractivity contribution in [2.24, 2.45) is 0 Å². The van der Waals surface area contributed by atoms with Gasteiger partial charge in [-0.05, 0) is 41.9 Å². The summed E-state index contributed by atoms with van der Waals surface area (Å²) in [4.78, 5) is 13.1. The van der Waals surface area contributed by atoms with Crippen molar-refractivity contribution in [3.05, 3.63) is 62.6 Å². The van der Waals surface area contributed by atoms with Gasteiger partial charge in [-0.2, -0.15) is 23.2 Å². The number of nitro benzene ring substituents is 1. The van der Waals surface area contributed by atoms with Gasteiger partial charge in [0.15, 0.2) is 4.90 Å². The van der Waals surface area contributed by atoms with Crippen molar-refractivity contribution >= 4 is 31.6 Å². The summed E-state index contributed by atoms with van der Waals surface area (Å²) in [5, 5.41) is 20.3. The summed E-state index contributed by atoms with van der Waals surface area (Å²) < 4.78 is 87.4.